The predicted octanol–water partition coefficient (Wildman–Crippen LogP) is -0.351. The molecule has 0 aromatic carbocycles. The number of likely N-dealkylation sites (tertiary alicyclic amines) is 1. The predicted molar refractivity (Wildman–Crippen MR) is 75.7 cm³/mol. The van der Waals surface area contributed by atoms with Crippen LogP contribution in [-0.2, 0) is 14.4 Å². The van der Waals surface area contributed by atoms with Crippen LogP contribution in [0.2, 0.25) is 0 Å². The molecule has 3 N–H and O–H groups in total. The quantitative estimate of drug-likeness (QED) is 0.517. The van der Waals surface area contributed by atoms with Crippen LogP contribution in [0.3, 0.4) is 0 Å². The van der Waals surface area contributed by atoms with Crippen molar-refractivity contribution in [1.82, 2.24) is 10.2 Å². The second kappa shape index (κ2) is 5.60. The van der Waals surface area contributed by atoms with Gasteiger partial charge >= 0.3 is 0 Å². The lowest BCUT2D eigenvalue weighted by molar-refractivity contribution is -0.141. The van der Waals surface area contributed by atoms with Gasteiger partial charge in [-0.25, -0.2) is 0 Å². The van der Waals surface area contributed by atoms with Crippen LogP contribution in [0, 0.1) is 23.7 Å². The number of nitrogens with two attached hydrogens (primary N) is 1. The third-order valence-corrected chi connectivity index (χ3v) is 4.83. The SMILES string of the molecule is NCCCC(=O)NCCN1C(=O)C2C3C=CC(C3)C2C1=O. The number of hydrogen-bond acceptors (Lipinski definition) is 4. The fourth-order valence-corrected chi connectivity index (χ4v) is 3.84. The third kappa shape index (κ3) is 2.37. The third-order valence-electron chi connectivity index (χ3n) is 4.83. The molecule has 3 aliphatic rings. The van der Waals surface area contributed by atoms with Gasteiger partial charge in [0.15, 0.2) is 0 Å². The highest BCUT2D eigenvalue weighted by Gasteiger charge is 2.58. The number of amides is 3. The van der Waals surface area contributed by atoms with Gasteiger partial charge in [-0.15, -0.1) is 0 Å². The Morgan fingerprint density at radius 2 is 1.86 bits per heavy atom. The van der Waals surface area contributed by atoms with Crippen LogP contribution in [0.15, 0.2) is 12.2 Å². The average Bonchev–Trinajstić information content (AvgIpc) is 3.14. The Labute approximate surface area is 123 Å². The first-order valence-electron chi connectivity index (χ1n) is 7.64. The fourth-order valence-electron chi connectivity index (χ4n) is 3.84. The van der Waals surface area contributed by atoms with E-state index in [0.29, 0.717) is 25.9 Å². The molecule has 6 nitrogen and oxygen atoms in total. The molecule has 0 aromatic rings. The van der Waals surface area contributed by atoms with Gasteiger partial charge in [-0.2, -0.15) is 0 Å². The Morgan fingerprint density at radius 3 is 2.43 bits per heavy atom. The van der Waals surface area contributed by atoms with Crippen molar-refractivity contribution >= 4 is 17.7 Å². The minimum absolute atomic E-state index is 0.0574. The van der Waals surface area contributed by atoms with Crippen LogP contribution in [0.4, 0.5) is 0 Å². The second-order valence-corrected chi connectivity index (χ2v) is 6.07. The average molecular weight is 291 g/mol. The van der Waals surface area contributed by atoms with Gasteiger partial charge in [0.2, 0.25) is 17.7 Å². The van der Waals surface area contributed by atoms with Gasteiger partial charge in [-0.1, -0.05) is 12.2 Å². The molecule has 2 aliphatic carbocycles. The highest BCUT2D eigenvalue weighted by molar-refractivity contribution is 6.06. The lowest BCUT2D eigenvalue weighted by atomic mass is 9.85. The summed E-state index contributed by atoms with van der Waals surface area (Å²) in [7, 11) is 0. The summed E-state index contributed by atoms with van der Waals surface area (Å²) in [5.74, 6) is -0.0281. The number of nitrogens with one attached hydrogen (secondary N) is 1. The lowest BCUT2D eigenvalue weighted by Crippen LogP contribution is -2.39. The largest absolute Gasteiger partial charge is 0.354 e. The summed E-state index contributed by atoms with van der Waals surface area (Å²) in [5.41, 5.74) is 5.34. The Balaban J connectivity index is 1.52. The van der Waals surface area contributed by atoms with E-state index in [1.807, 2.05) is 0 Å². The summed E-state index contributed by atoms with van der Waals surface area (Å²) in [4.78, 5) is 37.6. The second-order valence-electron chi connectivity index (χ2n) is 6.07. The zero-order valence-electron chi connectivity index (χ0n) is 12.0. The summed E-state index contributed by atoms with van der Waals surface area (Å²) in [6.45, 7) is 1.08. The highest BCUT2D eigenvalue weighted by Crippen LogP contribution is 2.52. The van der Waals surface area contributed by atoms with Crippen molar-refractivity contribution in [2.75, 3.05) is 19.6 Å². The van der Waals surface area contributed by atoms with Crippen molar-refractivity contribution in [3.8, 4) is 0 Å². The van der Waals surface area contributed by atoms with Crippen LogP contribution in [0.5, 0.6) is 0 Å². The molecule has 1 heterocycles. The molecule has 4 atom stereocenters. The van der Waals surface area contributed by atoms with Crippen LogP contribution < -0.4 is 11.1 Å². The maximum Gasteiger partial charge on any atom is 0.233 e. The monoisotopic (exact) mass is 291 g/mol. The molecular formula is C15H21N3O3. The van der Waals surface area contributed by atoms with Crippen LogP contribution in [-0.4, -0.2) is 42.3 Å². The van der Waals surface area contributed by atoms with E-state index in [9.17, 15) is 14.4 Å². The first kappa shape index (κ1) is 14.3. The number of hydrogen-bond donors (Lipinski definition) is 2. The minimum Gasteiger partial charge on any atom is -0.354 e. The van der Waals surface area contributed by atoms with Gasteiger partial charge in [0.25, 0.3) is 0 Å². The van der Waals surface area contributed by atoms with Crippen molar-refractivity contribution in [1.29, 1.82) is 0 Å². The smallest absolute Gasteiger partial charge is 0.233 e. The maximum absolute atomic E-state index is 12.4. The van der Waals surface area contributed by atoms with E-state index < -0.39 is 0 Å². The standard InChI is InChI=1S/C15H21N3O3/c16-5-1-2-11(19)17-6-7-18-14(20)12-9-3-4-10(8-9)13(12)15(18)21/h3-4,9-10,12-13H,1-2,5-8,16H2,(H,17,19). The van der Waals surface area contributed by atoms with Crippen molar-refractivity contribution < 1.29 is 14.4 Å². The molecule has 2 bridgehead atoms. The number of imide groups is 1. The molecule has 3 rings (SSSR count). The van der Waals surface area contributed by atoms with Crippen molar-refractivity contribution in [2.45, 2.75) is 19.3 Å². The summed E-state index contributed by atoms with van der Waals surface area (Å²) in [5, 5.41) is 2.73. The number of carbonyl (C=O) groups excluding carboxylic acids is 3. The van der Waals surface area contributed by atoms with Gasteiger partial charge in [0.05, 0.1) is 11.8 Å². The lowest BCUT2D eigenvalue weighted by Gasteiger charge is -2.17. The number of allylic oxidation sites excluding steroid dienone is 2. The molecular weight excluding hydrogens is 270 g/mol. The Morgan fingerprint density at radius 1 is 1.24 bits per heavy atom. The van der Waals surface area contributed by atoms with Crippen LogP contribution in [0.1, 0.15) is 19.3 Å². The zero-order valence-corrected chi connectivity index (χ0v) is 12.0. The van der Waals surface area contributed by atoms with Gasteiger partial charge in [0, 0.05) is 19.5 Å². The molecule has 2 fully saturated rings. The van der Waals surface area contributed by atoms with E-state index in [-0.39, 0.29) is 47.9 Å². The van der Waals surface area contributed by atoms with Gasteiger partial charge in [-0.05, 0) is 31.2 Å². The summed E-state index contributed by atoms with van der Waals surface area (Å²) >= 11 is 0. The first-order valence-corrected chi connectivity index (χ1v) is 7.64. The van der Waals surface area contributed by atoms with E-state index in [0.717, 1.165) is 6.42 Å². The Bertz CT molecular complexity index is 472. The summed E-state index contributed by atoms with van der Waals surface area (Å²) < 4.78 is 0. The molecule has 4 unspecified atom stereocenters. The van der Waals surface area contributed by atoms with Crippen LogP contribution >= 0.6 is 0 Å². The van der Waals surface area contributed by atoms with E-state index in [1.165, 1.54) is 4.90 Å². The molecule has 1 aliphatic heterocycles. The first-order chi connectivity index (χ1) is 10.1. The molecule has 3 amide bonds. The van der Waals surface area contributed by atoms with Gasteiger partial charge < -0.3 is 11.1 Å². The molecule has 1 saturated heterocycles. The zero-order chi connectivity index (χ0) is 15.0. The number of carbonyl (C=O) groups is 3. The minimum atomic E-state index is -0.152. The number of rotatable bonds is 6. The highest BCUT2D eigenvalue weighted by atomic mass is 16.2. The Kier molecular flexibility index (Phi) is 3.80. The summed E-state index contributed by atoms with van der Waals surface area (Å²) in [6, 6.07) is 0. The van der Waals surface area contributed by atoms with E-state index in [2.05, 4.69) is 17.5 Å². The summed E-state index contributed by atoms with van der Waals surface area (Å²) in [6.07, 6.45) is 6.13. The van der Waals surface area contributed by atoms with E-state index in [1.54, 1.807) is 0 Å². The molecule has 1 saturated carbocycles. The fraction of sp³-hybridized carbons (Fsp3) is 0.667. The van der Waals surface area contributed by atoms with Gasteiger partial charge in [0.1, 0.15) is 0 Å². The number of nitrogens with zero attached hydrogens (tertiary/aromatic N) is 1. The van der Waals surface area contributed by atoms with Crippen molar-refractivity contribution in [3.63, 3.8) is 0 Å². The number of fused-ring (bicyclic) bond motifs is 5. The van der Waals surface area contributed by atoms with E-state index >= 15 is 0 Å². The molecule has 6 heteroatoms. The van der Waals surface area contributed by atoms with Gasteiger partial charge in [-0.3, -0.25) is 19.3 Å². The molecule has 114 valence electrons. The van der Waals surface area contributed by atoms with Crippen LogP contribution in [0.25, 0.3) is 0 Å². The Hall–Kier alpha value is -1.69. The molecule has 21 heavy (non-hydrogen) atoms. The molecule has 0 spiro atoms. The molecule has 0 radical (unpaired) electrons. The topological polar surface area (TPSA) is 92.5 Å². The van der Waals surface area contributed by atoms with E-state index in [4.69, 9.17) is 5.73 Å². The molecule has 0 aromatic heterocycles. The maximum atomic E-state index is 12.4. The normalized spacial score (nSPS) is 32.9. The van der Waals surface area contributed by atoms with Crippen molar-refractivity contribution in [2.24, 2.45) is 29.4 Å². The van der Waals surface area contributed by atoms with Crippen molar-refractivity contribution in [3.05, 3.63) is 12.2 Å².